The maximum atomic E-state index is 12.9. The lowest BCUT2D eigenvalue weighted by Crippen LogP contribution is -2.51. The van der Waals surface area contributed by atoms with E-state index in [4.69, 9.17) is 4.74 Å². The van der Waals surface area contributed by atoms with E-state index in [-0.39, 0.29) is 11.8 Å². The SMILES string of the molecule is COCCNC(=O)N1CCN(Cc2ccc(F)cc2)CC1. The van der Waals surface area contributed by atoms with Crippen LogP contribution in [0.4, 0.5) is 9.18 Å². The Bertz CT molecular complexity index is 445. The van der Waals surface area contributed by atoms with Crippen LogP contribution in [0.2, 0.25) is 0 Å². The third kappa shape index (κ3) is 4.99. The molecular formula is C15H22FN3O2. The smallest absolute Gasteiger partial charge is 0.317 e. The largest absolute Gasteiger partial charge is 0.383 e. The molecule has 1 aliphatic heterocycles. The second-order valence-electron chi connectivity index (χ2n) is 5.11. The quantitative estimate of drug-likeness (QED) is 0.833. The van der Waals surface area contributed by atoms with Gasteiger partial charge in [-0.25, -0.2) is 9.18 Å². The number of amides is 2. The molecule has 0 radical (unpaired) electrons. The van der Waals surface area contributed by atoms with Gasteiger partial charge in [0.15, 0.2) is 0 Å². The highest BCUT2D eigenvalue weighted by molar-refractivity contribution is 5.74. The molecule has 1 fully saturated rings. The van der Waals surface area contributed by atoms with Gasteiger partial charge >= 0.3 is 6.03 Å². The number of carbonyl (C=O) groups excluding carboxylic acids is 1. The topological polar surface area (TPSA) is 44.8 Å². The highest BCUT2D eigenvalue weighted by Gasteiger charge is 2.20. The fourth-order valence-corrected chi connectivity index (χ4v) is 2.33. The van der Waals surface area contributed by atoms with Crippen molar-refractivity contribution >= 4 is 6.03 Å². The molecule has 1 saturated heterocycles. The van der Waals surface area contributed by atoms with Gasteiger partial charge in [0.05, 0.1) is 6.61 Å². The molecule has 0 atom stereocenters. The third-order valence-corrected chi connectivity index (χ3v) is 3.56. The van der Waals surface area contributed by atoms with Crippen molar-refractivity contribution < 1.29 is 13.9 Å². The summed E-state index contributed by atoms with van der Waals surface area (Å²) in [6, 6.07) is 6.54. The Morgan fingerprint density at radius 1 is 1.24 bits per heavy atom. The van der Waals surface area contributed by atoms with Crippen LogP contribution in [-0.4, -0.2) is 62.3 Å². The van der Waals surface area contributed by atoms with Crippen LogP contribution in [0.3, 0.4) is 0 Å². The normalized spacial score (nSPS) is 16.0. The van der Waals surface area contributed by atoms with E-state index in [9.17, 15) is 9.18 Å². The third-order valence-electron chi connectivity index (χ3n) is 3.56. The molecule has 2 rings (SSSR count). The van der Waals surface area contributed by atoms with Crippen molar-refractivity contribution in [2.45, 2.75) is 6.54 Å². The Morgan fingerprint density at radius 3 is 2.52 bits per heavy atom. The maximum Gasteiger partial charge on any atom is 0.317 e. The van der Waals surface area contributed by atoms with Gasteiger partial charge in [0, 0.05) is 46.4 Å². The standard InChI is InChI=1S/C15H22FN3O2/c1-21-11-6-17-15(20)19-9-7-18(8-10-19)12-13-2-4-14(16)5-3-13/h2-5H,6-12H2,1H3,(H,17,20). The van der Waals surface area contributed by atoms with E-state index in [1.54, 1.807) is 19.2 Å². The molecule has 1 heterocycles. The van der Waals surface area contributed by atoms with Crippen LogP contribution in [0.5, 0.6) is 0 Å². The Kier molecular flexibility index (Phi) is 5.95. The fraction of sp³-hybridized carbons (Fsp3) is 0.533. The zero-order valence-electron chi connectivity index (χ0n) is 12.3. The summed E-state index contributed by atoms with van der Waals surface area (Å²) >= 11 is 0. The minimum absolute atomic E-state index is 0.0338. The molecule has 0 unspecified atom stereocenters. The summed E-state index contributed by atoms with van der Waals surface area (Å²) < 4.78 is 17.8. The van der Waals surface area contributed by atoms with E-state index in [0.717, 1.165) is 25.2 Å². The molecule has 0 bridgehead atoms. The van der Waals surface area contributed by atoms with Gasteiger partial charge in [-0.3, -0.25) is 4.90 Å². The predicted octanol–water partition coefficient (Wildman–Crippen LogP) is 1.30. The summed E-state index contributed by atoms with van der Waals surface area (Å²) in [6.45, 7) is 4.92. The van der Waals surface area contributed by atoms with Gasteiger partial charge in [-0.15, -0.1) is 0 Å². The van der Waals surface area contributed by atoms with Crippen LogP contribution in [0.25, 0.3) is 0 Å². The summed E-state index contributed by atoms with van der Waals surface area (Å²) in [5, 5.41) is 2.83. The lowest BCUT2D eigenvalue weighted by molar-refractivity contribution is 0.132. The zero-order chi connectivity index (χ0) is 15.1. The number of nitrogens with one attached hydrogen (secondary N) is 1. The van der Waals surface area contributed by atoms with Crippen LogP contribution in [0, 0.1) is 5.82 Å². The number of methoxy groups -OCH3 is 1. The van der Waals surface area contributed by atoms with Crippen LogP contribution >= 0.6 is 0 Å². The van der Waals surface area contributed by atoms with E-state index in [2.05, 4.69) is 10.2 Å². The number of carbonyl (C=O) groups is 1. The first kappa shape index (κ1) is 15.7. The number of nitrogens with zero attached hydrogens (tertiary/aromatic N) is 2. The van der Waals surface area contributed by atoms with Crippen LogP contribution in [0.15, 0.2) is 24.3 Å². The molecule has 21 heavy (non-hydrogen) atoms. The first-order chi connectivity index (χ1) is 10.2. The first-order valence-corrected chi connectivity index (χ1v) is 7.17. The minimum atomic E-state index is -0.212. The molecule has 0 spiro atoms. The van der Waals surface area contributed by atoms with Gasteiger partial charge in [-0.05, 0) is 17.7 Å². The van der Waals surface area contributed by atoms with Crippen molar-refractivity contribution in [3.8, 4) is 0 Å². The monoisotopic (exact) mass is 295 g/mol. The molecule has 0 aliphatic carbocycles. The van der Waals surface area contributed by atoms with Crippen LogP contribution in [-0.2, 0) is 11.3 Å². The number of urea groups is 1. The number of ether oxygens (including phenoxy) is 1. The van der Waals surface area contributed by atoms with Gasteiger partial charge < -0.3 is 15.0 Å². The molecule has 6 heteroatoms. The lowest BCUT2D eigenvalue weighted by atomic mass is 10.2. The number of hydrogen-bond acceptors (Lipinski definition) is 3. The minimum Gasteiger partial charge on any atom is -0.383 e. The predicted molar refractivity (Wildman–Crippen MR) is 78.5 cm³/mol. The molecule has 0 saturated carbocycles. The Hall–Kier alpha value is -1.66. The van der Waals surface area contributed by atoms with Gasteiger partial charge in [-0.1, -0.05) is 12.1 Å². The van der Waals surface area contributed by atoms with Gasteiger partial charge in [0.1, 0.15) is 5.82 Å². The molecular weight excluding hydrogens is 273 g/mol. The summed E-state index contributed by atoms with van der Waals surface area (Å²) in [5.41, 5.74) is 1.09. The molecule has 5 nitrogen and oxygen atoms in total. The molecule has 2 amide bonds. The molecule has 0 aromatic heterocycles. The van der Waals surface area contributed by atoms with Crippen molar-refractivity contribution in [1.82, 2.24) is 15.1 Å². The van der Waals surface area contributed by atoms with Crippen molar-refractivity contribution in [3.05, 3.63) is 35.6 Å². The Balaban J connectivity index is 1.72. The van der Waals surface area contributed by atoms with E-state index in [1.165, 1.54) is 12.1 Å². The number of halogens is 1. The Labute approximate surface area is 124 Å². The van der Waals surface area contributed by atoms with Crippen LogP contribution in [0.1, 0.15) is 5.56 Å². The second-order valence-corrected chi connectivity index (χ2v) is 5.11. The summed E-state index contributed by atoms with van der Waals surface area (Å²) in [7, 11) is 1.61. The first-order valence-electron chi connectivity index (χ1n) is 7.17. The molecule has 1 aromatic carbocycles. The van der Waals surface area contributed by atoms with Crippen LogP contribution < -0.4 is 5.32 Å². The van der Waals surface area contributed by atoms with Crippen molar-refractivity contribution in [3.63, 3.8) is 0 Å². The highest BCUT2D eigenvalue weighted by atomic mass is 19.1. The van der Waals surface area contributed by atoms with Crippen molar-refractivity contribution in [2.24, 2.45) is 0 Å². The molecule has 1 aliphatic rings. The van der Waals surface area contributed by atoms with E-state index in [1.807, 2.05) is 4.90 Å². The summed E-state index contributed by atoms with van der Waals surface area (Å²) in [5.74, 6) is -0.212. The van der Waals surface area contributed by atoms with Crippen molar-refractivity contribution in [2.75, 3.05) is 46.4 Å². The number of piperazine rings is 1. The average Bonchev–Trinajstić information content (AvgIpc) is 2.50. The Morgan fingerprint density at radius 2 is 1.90 bits per heavy atom. The molecule has 1 N–H and O–H groups in total. The zero-order valence-corrected chi connectivity index (χ0v) is 12.3. The maximum absolute atomic E-state index is 12.9. The molecule has 1 aromatic rings. The van der Waals surface area contributed by atoms with Gasteiger partial charge in [-0.2, -0.15) is 0 Å². The summed E-state index contributed by atoms with van der Waals surface area (Å²) in [6.07, 6.45) is 0. The number of hydrogen-bond donors (Lipinski definition) is 1. The number of benzene rings is 1. The fourth-order valence-electron chi connectivity index (χ4n) is 2.33. The lowest BCUT2D eigenvalue weighted by Gasteiger charge is -2.34. The van der Waals surface area contributed by atoms with Gasteiger partial charge in [0.25, 0.3) is 0 Å². The number of rotatable bonds is 5. The van der Waals surface area contributed by atoms with Gasteiger partial charge in [0.2, 0.25) is 0 Å². The highest BCUT2D eigenvalue weighted by Crippen LogP contribution is 2.09. The van der Waals surface area contributed by atoms with E-state index < -0.39 is 0 Å². The molecule has 116 valence electrons. The average molecular weight is 295 g/mol. The van der Waals surface area contributed by atoms with Crippen molar-refractivity contribution in [1.29, 1.82) is 0 Å². The second kappa shape index (κ2) is 7.95. The summed E-state index contributed by atoms with van der Waals surface area (Å²) in [4.78, 5) is 16.0. The van der Waals surface area contributed by atoms with E-state index in [0.29, 0.717) is 26.2 Å². The van der Waals surface area contributed by atoms with E-state index >= 15 is 0 Å².